The van der Waals surface area contributed by atoms with Crippen LogP contribution in [0.4, 0.5) is 5.69 Å². The topological polar surface area (TPSA) is 102 Å². The smallest absolute Gasteiger partial charge is 0.282 e. The SMILES string of the molecule is Cc1nn(CN2CCN(S(=O)(=O)c3ccccc3Cl)CC2)c(C)c1[N+](=O)[O-]. The fraction of sp³-hybridized carbons (Fsp3) is 0.438. The van der Waals surface area contributed by atoms with E-state index < -0.39 is 14.9 Å². The summed E-state index contributed by atoms with van der Waals surface area (Å²) in [5, 5.41) is 15.6. The number of hydrogen-bond donors (Lipinski definition) is 0. The van der Waals surface area contributed by atoms with E-state index in [-0.39, 0.29) is 15.6 Å². The van der Waals surface area contributed by atoms with Crippen molar-refractivity contribution in [3.63, 3.8) is 0 Å². The molecule has 0 unspecified atom stereocenters. The average molecular weight is 414 g/mol. The van der Waals surface area contributed by atoms with Crippen molar-refractivity contribution < 1.29 is 13.3 Å². The molecule has 11 heteroatoms. The number of piperazine rings is 1. The predicted molar refractivity (Wildman–Crippen MR) is 100 cm³/mol. The third-order valence-electron chi connectivity index (χ3n) is 4.65. The van der Waals surface area contributed by atoms with Gasteiger partial charge in [0.25, 0.3) is 0 Å². The number of aryl methyl sites for hydroxylation is 1. The normalized spacial score (nSPS) is 16.6. The van der Waals surface area contributed by atoms with Gasteiger partial charge < -0.3 is 0 Å². The van der Waals surface area contributed by atoms with Crippen LogP contribution in [0.3, 0.4) is 0 Å². The van der Waals surface area contributed by atoms with E-state index in [2.05, 4.69) is 5.10 Å². The molecular weight excluding hydrogens is 394 g/mol. The minimum absolute atomic E-state index is 0.0231. The van der Waals surface area contributed by atoms with Crippen LogP contribution in [0.5, 0.6) is 0 Å². The quantitative estimate of drug-likeness (QED) is 0.549. The molecule has 0 N–H and O–H groups in total. The molecule has 27 heavy (non-hydrogen) atoms. The Morgan fingerprint density at radius 1 is 1.19 bits per heavy atom. The van der Waals surface area contributed by atoms with Gasteiger partial charge in [0, 0.05) is 26.2 Å². The molecule has 0 aliphatic carbocycles. The predicted octanol–water partition coefficient (Wildman–Crippen LogP) is 2.03. The molecule has 0 atom stereocenters. The number of benzene rings is 1. The zero-order valence-corrected chi connectivity index (χ0v) is 16.6. The van der Waals surface area contributed by atoms with Crippen LogP contribution in [-0.4, -0.2) is 58.5 Å². The van der Waals surface area contributed by atoms with Gasteiger partial charge in [0.05, 0.1) is 16.6 Å². The summed E-state index contributed by atoms with van der Waals surface area (Å²) in [6.45, 7) is 5.27. The lowest BCUT2D eigenvalue weighted by Crippen LogP contribution is -2.49. The second-order valence-electron chi connectivity index (χ2n) is 6.37. The molecule has 1 aromatic carbocycles. The molecule has 146 valence electrons. The van der Waals surface area contributed by atoms with Crippen LogP contribution < -0.4 is 0 Å². The maximum Gasteiger partial charge on any atom is 0.312 e. The number of halogens is 1. The molecule has 2 aromatic rings. The Morgan fingerprint density at radius 3 is 2.37 bits per heavy atom. The van der Waals surface area contributed by atoms with Gasteiger partial charge >= 0.3 is 5.69 Å². The van der Waals surface area contributed by atoms with Crippen LogP contribution in [0.1, 0.15) is 11.4 Å². The molecule has 1 aromatic heterocycles. The summed E-state index contributed by atoms with van der Waals surface area (Å²) in [5.74, 6) is 0. The first-order chi connectivity index (χ1) is 12.7. The van der Waals surface area contributed by atoms with Crippen LogP contribution in [0, 0.1) is 24.0 Å². The molecule has 9 nitrogen and oxygen atoms in total. The van der Waals surface area contributed by atoms with Gasteiger partial charge in [-0.1, -0.05) is 23.7 Å². The zero-order chi connectivity index (χ0) is 19.8. The standard InChI is InChI=1S/C16H20ClN5O4S/c1-12-16(22(23)24)13(2)21(18-12)11-19-7-9-20(10-8-19)27(25,26)15-6-4-3-5-14(15)17/h3-6H,7-11H2,1-2H3. The fourth-order valence-corrected chi connectivity index (χ4v) is 5.10. The molecule has 0 radical (unpaired) electrons. The van der Waals surface area contributed by atoms with E-state index >= 15 is 0 Å². The van der Waals surface area contributed by atoms with Crippen molar-refractivity contribution >= 4 is 27.3 Å². The second-order valence-corrected chi connectivity index (χ2v) is 8.68. The summed E-state index contributed by atoms with van der Waals surface area (Å²) in [7, 11) is -3.65. The van der Waals surface area contributed by atoms with Crippen molar-refractivity contribution in [3.8, 4) is 0 Å². The number of sulfonamides is 1. The maximum absolute atomic E-state index is 12.8. The summed E-state index contributed by atoms with van der Waals surface area (Å²) >= 11 is 6.04. The van der Waals surface area contributed by atoms with Gasteiger partial charge in [-0.25, -0.2) is 13.1 Å². The van der Waals surface area contributed by atoms with Crippen LogP contribution in [0.25, 0.3) is 0 Å². The molecule has 2 heterocycles. The second kappa shape index (κ2) is 7.55. The van der Waals surface area contributed by atoms with Gasteiger partial charge in [0.2, 0.25) is 10.0 Å². The molecular formula is C16H20ClN5O4S. The van der Waals surface area contributed by atoms with Gasteiger partial charge in [-0.15, -0.1) is 0 Å². The Labute approximate surface area is 162 Å². The average Bonchev–Trinajstić information content (AvgIpc) is 2.89. The van der Waals surface area contributed by atoms with Crippen LogP contribution in [0.2, 0.25) is 5.02 Å². The van der Waals surface area contributed by atoms with E-state index in [0.717, 1.165) is 0 Å². The van der Waals surface area contributed by atoms with Crippen LogP contribution >= 0.6 is 11.6 Å². The third-order valence-corrected chi connectivity index (χ3v) is 7.04. The Morgan fingerprint density at radius 2 is 1.81 bits per heavy atom. The van der Waals surface area contributed by atoms with E-state index in [1.807, 2.05) is 4.90 Å². The lowest BCUT2D eigenvalue weighted by atomic mass is 10.3. The minimum atomic E-state index is -3.65. The van der Waals surface area contributed by atoms with E-state index in [1.54, 1.807) is 36.7 Å². The Kier molecular flexibility index (Phi) is 5.52. The number of hydrogen-bond acceptors (Lipinski definition) is 6. The molecule has 1 aliphatic rings. The summed E-state index contributed by atoms with van der Waals surface area (Å²) in [4.78, 5) is 12.8. The van der Waals surface area contributed by atoms with Gasteiger partial charge in [0.15, 0.2) is 0 Å². The van der Waals surface area contributed by atoms with Gasteiger partial charge in [-0.2, -0.15) is 9.40 Å². The molecule has 1 saturated heterocycles. The highest BCUT2D eigenvalue weighted by Crippen LogP contribution is 2.26. The lowest BCUT2D eigenvalue weighted by Gasteiger charge is -2.34. The Bertz CT molecular complexity index is 967. The number of rotatable bonds is 5. The zero-order valence-electron chi connectivity index (χ0n) is 15.0. The van der Waals surface area contributed by atoms with Crippen molar-refractivity contribution in [1.29, 1.82) is 0 Å². The van der Waals surface area contributed by atoms with E-state index in [9.17, 15) is 18.5 Å². The maximum atomic E-state index is 12.8. The van der Waals surface area contributed by atoms with E-state index in [0.29, 0.717) is 44.2 Å². The molecule has 1 aliphatic heterocycles. The van der Waals surface area contributed by atoms with Crippen LogP contribution in [-0.2, 0) is 16.7 Å². The molecule has 3 rings (SSSR count). The first-order valence-electron chi connectivity index (χ1n) is 8.37. The number of aromatic nitrogens is 2. The lowest BCUT2D eigenvalue weighted by molar-refractivity contribution is -0.386. The van der Waals surface area contributed by atoms with Gasteiger partial charge in [-0.3, -0.25) is 15.0 Å². The molecule has 0 saturated carbocycles. The summed E-state index contributed by atoms with van der Waals surface area (Å²) < 4.78 is 28.6. The number of nitrogens with zero attached hydrogens (tertiary/aromatic N) is 5. The summed E-state index contributed by atoms with van der Waals surface area (Å²) in [5.41, 5.74) is 0.885. The largest absolute Gasteiger partial charge is 0.312 e. The fourth-order valence-electron chi connectivity index (χ4n) is 3.18. The first-order valence-corrected chi connectivity index (χ1v) is 10.2. The van der Waals surface area contributed by atoms with Crippen molar-refractivity contribution in [2.24, 2.45) is 0 Å². The van der Waals surface area contributed by atoms with Crippen molar-refractivity contribution in [3.05, 3.63) is 50.8 Å². The molecule has 1 fully saturated rings. The van der Waals surface area contributed by atoms with Crippen molar-refractivity contribution in [2.45, 2.75) is 25.4 Å². The Balaban J connectivity index is 1.69. The highest BCUT2D eigenvalue weighted by Gasteiger charge is 2.30. The van der Waals surface area contributed by atoms with E-state index in [4.69, 9.17) is 11.6 Å². The number of nitro groups is 1. The summed E-state index contributed by atoms with van der Waals surface area (Å²) in [6.07, 6.45) is 0. The monoisotopic (exact) mass is 413 g/mol. The van der Waals surface area contributed by atoms with Crippen molar-refractivity contribution in [2.75, 3.05) is 26.2 Å². The Hall–Kier alpha value is -2.01. The van der Waals surface area contributed by atoms with Gasteiger partial charge in [-0.05, 0) is 26.0 Å². The molecule has 0 spiro atoms. The highest BCUT2D eigenvalue weighted by molar-refractivity contribution is 7.89. The van der Waals surface area contributed by atoms with Crippen LogP contribution in [0.15, 0.2) is 29.2 Å². The minimum Gasteiger partial charge on any atom is -0.282 e. The molecule has 0 amide bonds. The molecule has 0 bridgehead atoms. The highest BCUT2D eigenvalue weighted by atomic mass is 35.5. The summed E-state index contributed by atoms with van der Waals surface area (Å²) in [6, 6.07) is 6.39. The van der Waals surface area contributed by atoms with Crippen molar-refractivity contribution in [1.82, 2.24) is 19.0 Å². The van der Waals surface area contributed by atoms with Gasteiger partial charge in [0.1, 0.15) is 16.3 Å². The third kappa shape index (κ3) is 3.84. The van der Waals surface area contributed by atoms with E-state index in [1.165, 1.54) is 10.4 Å². The first kappa shape index (κ1) is 19.7.